The standard InChI is InChI=1S/2C18H34O2.Fe.Zn/c2*1-2-3-4-5-6-7-8-9-10-11-12-13-14-15-16-17-18(19)20;;/h2*9-10H,2-8,11-17H2,1H3,(H,19,20);;/b2*10-9-;;. The van der Waals surface area contributed by atoms with E-state index in [2.05, 4.69) is 38.2 Å². The van der Waals surface area contributed by atoms with Crippen LogP contribution in [0.3, 0.4) is 0 Å². The van der Waals surface area contributed by atoms with Crippen molar-refractivity contribution in [1.82, 2.24) is 0 Å². The number of carboxylic acids is 2. The molecule has 0 rings (SSSR count). The maximum Gasteiger partial charge on any atom is 0.303 e. The van der Waals surface area contributed by atoms with Crippen molar-refractivity contribution in [2.45, 2.75) is 194 Å². The zero-order valence-corrected chi connectivity index (χ0v) is 32.0. The minimum absolute atomic E-state index is 0. The third kappa shape index (κ3) is 52.2. The van der Waals surface area contributed by atoms with E-state index in [-0.39, 0.29) is 36.5 Å². The van der Waals surface area contributed by atoms with Crippen molar-refractivity contribution in [1.29, 1.82) is 0 Å². The molecule has 0 aliphatic heterocycles. The van der Waals surface area contributed by atoms with Gasteiger partial charge in [0.05, 0.1) is 0 Å². The molecule has 0 heterocycles. The summed E-state index contributed by atoms with van der Waals surface area (Å²) in [7, 11) is 0. The van der Waals surface area contributed by atoms with Crippen molar-refractivity contribution in [3.05, 3.63) is 24.3 Å². The van der Waals surface area contributed by atoms with Crippen LogP contribution in [0.1, 0.15) is 194 Å². The number of carbonyl (C=O) groups is 2. The summed E-state index contributed by atoms with van der Waals surface area (Å²) in [5.74, 6) is -1.33. The molecule has 0 unspecified atom stereocenters. The minimum atomic E-state index is -0.664. The van der Waals surface area contributed by atoms with Crippen LogP contribution in [0.5, 0.6) is 0 Å². The number of carboxylic acid groups (broad SMARTS) is 2. The van der Waals surface area contributed by atoms with Crippen LogP contribution in [0, 0.1) is 0 Å². The molecule has 0 aliphatic rings. The first-order valence-electron chi connectivity index (χ1n) is 17.3. The van der Waals surface area contributed by atoms with E-state index in [1.54, 1.807) is 0 Å². The third-order valence-corrected chi connectivity index (χ3v) is 7.30. The molecule has 42 heavy (non-hydrogen) atoms. The molecular weight excluding hydrogens is 618 g/mol. The van der Waals surface area contributed by atoms with E-state index in [4.69, 9.17) is 10.2 Å². The van der Waals surface area contributed by atoms with E-state index >= 15 is 0 Å². The average Bonchev–Trinajstić information content (AvgIpc) is 2.93. The van der Waals surface area contributed by atoms with Crippen LogP contribution in [-0.4, -0.2) is 22.2 Å². The van der Waals surface area contributed by atoms with E-state index in [0.717, 1.165) is 25.7 Å². The average molecular weight is 686 g/mol. The Morgan fingerprint density at radius 3 is 0.857 bits per heavy atom. The second-order valence-electron chi connectivity index (χ2n) is 11.5. The second kappa shape index (κ2) is 45.0. The molecule has 246 valence electrons. The van der Waals surface area contributed by atoms with Crippen molar-refractivity contribution in [2.24, 2.45) is 0 Å². The molecule has 0 fully saturated rings. The molecule has 6 heteroatoms. The molecule has 0 spiro atoms. The number of unbranched alkanes of at least 4 members (excludes halogenated alkanes) is 22. The largest absolute Gasteiger partial charge is 0.481 e. The molecule has 0 saturated heterocycles. The van der Waals surface area contributed by atoms with Crippen LogP contribution in [0.25, 0.3) is 0 Å². The molecule has 0 aromatic heterocycles. The van der Waals surface area contributed by atoms with Gasteiger partial charge in [-0.2, -0.15) is 0 Å². The first-order chi connectivity index (χ1) is 19.5. The summed E-state index contributed by atoms with van der Waals surface area (Å²) >= 11 is 0. The zero-order chi connectivity index (χ0) is 29.8. The topological polar surface area (TPSA) is 74.6 Å². The normalized spacial score (nSPS) is 10.7. The van der Waals surface area contributed by atoms with E-state index in [1.807, 2.05) is 0 Å². The summed E-state index contributed by atoms with van der Waals surface area (Å²) in [4.78, 5) is 20.6. The van der Waals surface area contributed by atoms with E-state index in [0.29, 0.717) is 12.8 Å². The van der Waals surface area contributed by atoms with Crippen LogP contribution in [0.4, 0.5) is 0 Å². The van der Waals surface area contributed by atoms with Crippen LogP contribution in [0.15, 0.2) is 24.3 Å². The fraction of sp³-hybridized carbons (Fsp3) is 0.833. The smallest absolute Gasteiger partial charge is 0.303 e. The van der Waals surface area contributed by atoms with Crippen LogP contribution in [-0.2, 0) is 46.1 Å². The van der Waals surface area contributed by atoms with Crippen LogP contribution in [0.2, 0.25) is 0 Å². The van der Waals surface area contributed by atoms with Crippen molar-refractivity contribution >= 4 is 11.9 Å². The van der Waals surface area contributed by atoms with Gasteiger partial charge in [-0.25, -0.2) is 0 Å². The molecule has 0 aromatic rings. The molecule has 0 aromatic carbocycles. The summed E-state index contributed by atoms with van der Waals surface area (Å²) in [6, 6.07) is 0. The van der Waals surface area contributed by atoms with Gasteiger partial charge in [-0.05, 0) is 64.2 Å². The SMILES string of the molecule is CCCCCCCC/C=C\CCCCCCCC(=O)O.CCCCCCCC/C=C\CCCCCCCC(=O)O.[Fe].[Zn]. The van der Waals surface area contributed by atoms with Gasteiger partial charge in [-0.15, -0.1) is 0 Å². The van der Waals surface area contributed by atoms with Crippen molar-refractivity contribution in [3.8, 4) is 0 Å². The Morgan fingerprint density at radius 1 is 0.405 bits per heavy atom. The molecule has 0 aliphatic carbocycles. The zero-order valence-electron chi connectivity index (χ0n) is 27.9. The number of rotatable bonds is 30. The van der Waals surface area contributed by atoms with Gasteiger partial charge in [-0.1, -0.05) is 141 Å². The van der Waals surface area contributed by atoms with Gasteiger partial charge in [-0.3, -0.25) is 9.59 Å². The predicted octanol–water partition coefficient (Wildman–Crippen LogP) is 12.2. The summed E-state index contributed by atoms with van der Waals surface area (Å²) in [6.45, 7) is 4.52. The number of allylic oxidation sites excluding steroid dienone is 4. The minimum Gasteiger partial charge on any atom is -0.481 e. The van der Waals surface area contributed by atoms with Gasteiger partial charge in [0.1, 0.15) is 0 Å². The van der Waals surface area contributed by atoms with E-state index < -0.39 is 11.9 Å². The first kappa shape index (κ1) is 48.5. The maximum absolute atomic E-state index is 10.3. The Labute approximate surface area is 285 Å². The Morgan fingerprint density at radius 2 is 0.619 bits per heavy atom. The molecule has 0 atom stereocenters. The Kier molecular flexibility index (Phi) is 51.9. The quantitative estimate of drug-likeness (QED) is 0.0448. The van der Waals surface area contributed by atoms with Crippen molar-refractivity contribution in [2.75, 3.05) is 0 Å². The van der Waals surface area contributed by atoms with E-state index in [9.17, 15) is 9.59 Å². The van der Waals surface area contributed by atoms with Crippen LogP contribution < -0.4 is 0 Å². The molecule has 2 N–H and O–H groups in total. The fourth-order valence-electron chi connectivity index (χ4n) is 4.69. The first-order valence-corrected chi connectivity index (χ1v) is 17.3. The Balaban J connectivity index is -0.000000328. The number of aliphatic carboxylic acids is 2. The Hall–Kier alpha value is -0.437. The second-order valence-corrected chi connectivity index (χ2v) is 11.5. The van der Waals surface area contributed by atoms with Gasteiger partial charge < -0.3 is 10.2 Å². The summed E-state index contributed by atoms with van der Waals surface area (Å²) < 4.78 is 0. The maximum atomic E-state index is 10.3. The van der Waals surface area contributed by atoms with Gasteiger partial charge in [0.25, 0.3) is 0 Å². The fourth-order valence-corrected chi connectivity index (χ4v) is 4.69. The molecule has 0 saturated carbocycles. The number of hydrogen-bond acceptors (Lipinski definition) is 2. The number of hydrogen-bond donors (Lipinski definition) is 2. The summed E-state index contributed by atoms with van der Waals surface area (Å²) in [5.41, 5.74) is 0. The summed E-state index contributed by atoms with van der Waals surface area (Å²) in [6.07, 6.45) is 42.5. The third-order valence-electron chi connectivity index (χ3n) is 7.30. The van der Waals surface area contributed by atoms with Gasteiger partial charge in [0.15, 0.2) is 0 Å². The van der Waals surface area contributed by atoms with E-state index in [1.165, 1.54) is 141 Å². The molecule has 0 amide bonds. The van der Waals surface area contributed by atoms with Gasteiger partial charge in [0.2, 0.25) is 0 Å². The van der Waals surface area contributed by atoms with Gasteiger partial charge in [0, 0.05) is 49.4 Å². The van der Waals surface area contributed by atoms with Crippen LogP contribution >= 0.6 is 0 Å². The van der Waals surface area contributed by atoms with Crippen molar-refractivity contribution < 1.29 is 56.3 Å². The predicted molar refractivity (Wildman–Crippen MR) is 174 cm³/mol. The molecule has 4 nitrogen and oxygen atoms in total. The molecule has 0 bridgehead atoms. The van der Waals surface area contributed by atoms with Crippen molar-refractivity contribution in [3.63, 3.8) is 0 Å². The molecular formula is C36H68FeO4Zn. The monoisotopic (exact) mass is 684 g/mol. The van der Waals surface area contributed by atoms with Gasteiger partial charge >= 0.3 is 11.9 Å². The Bertz CT molecular complexity index is 531. The molecule has 0 radical (unpaired) electrons. The summed E-state index contributed by atoms with van der Waals surface area (Å²) in [5, 5.41) is 17.0.